The molecule has 0 bridgehead atoms. The highest BCUT2D eigenvalue weighted by molar-refractivity contribution is 9.10. The summed E-state index contributed by atoms with van der Waals surface area (Å²) in [6.07, 6.45) is 1.81. The molecule has 5 heteroatoms. The smallest absolute Gasteiger partial charge is 0.151 e. The summed E-state index contributed by atoms with van der Waals surface area (Å²) in [7, 11) is 0. The van der Waals surface area contributed by atoms with Gasteiger partial charge in [0.05, 0.1) is 5.69 Å². The Morgan fingerprint density at radius 3 is 2.33 bits per heavy atom. The zero-order chi connectivity index (χ0) is 13.3. The molecule has 0 spiro atoms. The maximum atomic E-state index is 6.02. The Morgan fingerprint density at radius 1 is 1.22 bits per heavy atom. The van der Waals surface area contributed by atoms with E-state index < -0.39 is 0 Å². The summed E-state index contributed by atoms with van der Waals surface area (Å²) in [5.74, 6) is 0.909. The summed E-state index contributed by atoms with van der Waals surface area (Å²) in [4.78, 5) is 9.19. The third-order valence-electron chi connectivity index (χ3n) is 3.39. The Bertz CT molecular complexity index is 419. The predicted octanol–water partition coefficient (Wildman–Crippen LogP) is 2.35. The second kappa shape index (κ2) is 5.05. The maximum absolute atomic E-state index is 6.02. The molecule has 2 rings (SSSR count). The number of nitrogens with two attached hydrogens (primary N) is 1. The van der Waals surface area contributed by atoms with Crippen LogP contribution in [0.3, 0.4) is 0 Å². The molecule has 18 heavy (non-hydrogen) atoms. The molecule has 4 nitrogen and oxygen atoms in total. The first-order valence-corrected chi connectivity index (χ1v) is 7.08. The van der Waals surface area contributed by atoms with E-state index in [2.05, 4.69) is 51.5 Å². The van der Waals surface area contributed by atoms with Crippen LogP contribution < -0.4 is 10.6 Å². The fraction of sp³-hybridized carbons (Fsp3) is 0.615. The predicted molar refractivity (Wildman–Crippen MR) is 79.9 cm³/mol. The van der Waals surface area contributed by atoms with Gasteiger partial charge in [-0.05, 0) is 42.8 Å². The molecule has 0 amide bonds. The van der Waals surface area contributed by atoms with Crippen LogP contribution in [0.15, 0.2) is 16.7 Å². The average molecular weight is 313 g/mol. The molecule has 2 N–H and O–H groups in total. The molecule has 0 aliphatic carbocycles. The lowest BCUT2D eigenvalue weighted by Gasteiger charge is -2.42. The van der Waals surface area contributed by atoms with Crippen LogP contribution in [-0.4, -0.2) is 41.6 Å². The Labute approximate surface area is 117 Å². The number of rotatable bonds is 1. The number of anilines is 2. The Balaban J connectivity index is 2.06. The summed E-state index contributed by atoms with van der Waals surface area (Å²) >= 11 is 3.39. The molecule has 100 valence electrons. The van der Waals surface area contributed by atoms with Crippen LogP contribution in [0.2, 0.25) is 0 Å². The van der Waals surface area contributed by atoms with Gasteiger partial charge in [-0.3, -0.25) is 4.90 Å². The number of hydrogen-bond acceptors (Lipinski definition) is 4. The van der Waals surface area contributed by atoms with Gasteiger partial charge in [0, 0.05) is 42.4 Å². The minimum atomic E-state index is 0.241. The molecule has 1 aliphatic heterocycles. The molecule has 0 unspecified atom stereocenters. The topological polar surface area (TPSA) is 45.4 Å². The van der Waals surface area contributed by atoms with E-state index in [1.807, 2.05) is 12.3 Å². The highest BCUT2D eigenvalue weighted by Gasteiger charge is 2.26. The standard InChI is InChI=1S/C13H21BrN4/c1-13(2,3)18-6-4-17(5-7-18)12-11(15)8-10(14)9-16-12/h8-9H,4-7,15H2,1-3H3. The highest BCUT2D eigenvalue weighted by Crippen LogP contribution is 2.25. The van der Waals surface area contributed by atoms with Crippen LogP contribution in [0, 0.1) is 0 Å². The number of aromatic nitrogens is 1. The Hall–Kier alpha value is -0.810. The second-order valence-corrected chi connectivity index (χ2v) is 6.63. The van der Waals surface area contributed by atoms with Gasteiger partial charge >= 0.3 is 0 Å². The van der Waals surface area contributed by atoms with E-state index in [0.29, 0.717) is 0 Å². The van der Waals surface area contributed by atoms with Crippen molar-refractivity contribution in [2.45, 2.75) is 26.3 Å². The molecule has 1 aromatic heterocycles. The van der Waals surface area contributed by atoms with E-state index in [1.54, 1.807) is 0 Å². The van der Waals surface area contributed by atoms with Crippen LogP contribution in [0.25, 0.3) is 0 Å². The van der Waals surface area contributed by atoms with Crippen molar-refractivity contribution >= 4 is 27.4 Å². The van der Waals surface area contributed by atoms with Gasteiger partial charge in [0.1, 0.15) is 0 Å². The number of nitrogens with zero attached hydrogens (tertiary/aromatic N) is 3. The summed E-state index contributed by atoms with van der Waals surface area (Å²) in [5, 5.41) is 0. The van der Waals surface area contributed by atoms with E-state index in [1.165, 1.54) is 0 Å². The molecule has 0 radical (unpaired) electrons. The second-order valence-electron chi connectivity index (χ2n) is 5.71. The molecule has 0 saturated carbocycles. The Morgan fingerprint density at radius 2 is 1.83 bits per heavy atom. The van der Waals surface area contributed by atoms with E-state index in [9.17, 15) is 0 Å². The molecular formula is C13H21BrN4. The molecule has 1 saturated heterocycles. The van der Waals surface area contributed by atoms with Crippen molar-refractivity contribution < 1.29 is 0 Å². The maximum Gasteiger partial charge on any atom is 0.151 e. The first-order valence-electron chi connectivity index (χ1n) is 6.29. The van der Waals surface area contributed by atoms with Gasteiger partial charge in [-0.2, -0.15) is 0 Å². The molecule has 2 heterocycles. The molecule has 1 aromatic rings. The third-order valence-corrected chi connectivity index (χ3v) is 3.82. The van der Waals surface area contributed by atoms with Gasteiger partial charge in [0.2, 0.25) is 0 Å². The summed E-state index contributed by atoms with van der Waals surface area (Å²) < 4.78 is 0.928. The molecule has 1 fully saturated rings. The molecule has 0 atom stereocenters. The first-order chi connectivity index (χ1) is 8.38. The van der Waals surface area contributed by atoms with Gasteiger partial charge in [-0.25, -0.2) is 4.98 Å². The normalized spacial score (nSPS) is 18.1. The Kier molecular flexibility index (Phi) is 3.82. The van der Waals surface area contributed by atoms with E-state index in [0.717, 1.165) is 42.2 Å². The summed E-state index contributed by atoms with van der Waals surface area (Å²) in [6, 6.07) is 1.92. The fourth-order valence-corrected chi connectivity index (χ4v) is 2.65. The number of piperazine rings is 1. The van der Waals surface area contributed by atoms with Crippen LogP contribution in [-0.2, 0) is 0 Å². The van der Waals surface area contributed by atoms with Gasteiger partial charge in [0.15, 0.2) is 5.82 Å². The zero-order valence-electron chi connectivity index (χ0n) is 11.3. The van der Waals surface area contributed by atoms with Crippen molar-refractivity contribution in [2.24, 2.45) is 0 Å². The van der Waals surface area contributed by atoms with E-state index in [4.69, 9.17) is 5.73 Å². The largest absolute Gasteiger partial charge is 0.396 e. The van der Waals surface area contributed by atoms with Gasteiger partial charge in [-0.1, -0.05) is 0 Å². The van der Waals surface area contributed by atoms with Gasteiger partial charge in [0.25, 0.3) is 0 Å². The summed E-state index contributed by atoms with van der Waals surface area (Å²) in [6.45, 7) is 10.9. The van der Waals surface area contributed by atoms with Gasteiger partial charge < -0.3 is 10.6 Å². The lowest BCUT2D eigenvalue weighted by molar-refractivity contribution is 0.128. The van der Waals surface area contributed by atoms with Crippen LogP contribution >= 0.6 is 15.9 Å². The van der Waals surface area contributed by atoms with Crippen molar-refractivity contribution in [3.8, 4) is 0 Å². The minimum absolute atomic E-state index is 0.241. The fourth-order valence-electron chi connectivity index (χ4n) is 2.30. The van der Waals surface area contributed by atoms with Crippen molar-refractivity contribution in [2.75, 3.05) is 36.8 Å². The van der Waals surface area contributed by atoms with Crippen molar-refractivity contribution in [1.82, 2.24) is 9.88 Å². The SMILES string of the molecule is CC(C)(C)N1CCN(c2ncc(Br)cc2N)CC1. The van der Waals surface area contributed by atoms with Crippen molar-refractivity contribution in [1.29, 1.82) is 0 Å². The number of pyridine rings is 1. The molecule has 1 aliphatic rings. The van der Waals surface area contributed by atoms with E-state index in [-0.39, 0.29) is 5.54 Å². The van der Waals surface area contributed by atoms with Crippen molar-refractivity contribution in [3.05, 3.63) is 16.7 Å². The lowest BCUT2D eigenvalue weighted by atomic mass is 10.0. The quantitative estimate of drug-likeness (QED) is 0.864. The van der Waals surface area contributed by atoms with Crippen LogP contribution in [0.1, 0.15) is 20.8 Å². The third kappa shape index (κ3) is 2.95. The average Bonchev–Trinajstić information content (AvgIpc) is 2.28. The first kappa shape index (κ1) is 13.6. The number of nitrogen functional groups attached to an aromatic ring is 1. The van der Waals surface area contributed by atoms with Gasteiger partial charge in [-0.15, -0.1) is 0 Å². The number of halogens is 1. The lowest BCUT2D eigenvalue weighted by Crippen LogP contribution is -2.53. The van der Waals surface area contributed by atoms with E-state index >= 15 is 0 Å². The van der Waals surface area contributed by atoms with Crippen LogP contribution in [0.4, 0.5) is 11.5 Å². The molecular weight excluding hydrogens is 292 g/mol. The monoisotopic (exact) mass is 312 g/mol. The van der Waals surface area contributed by atoms with Crippen molar-refractivity contribution in [3.63, 3.8) is 0 Å². The minimum Gasteiger partial charge on any atom is -0.396 e. The number of hydrogen-bond donors (Lipinski definition) is 1. The zero-order valence-corrected chi connectivity index (χ0v) is 12.9. The van der Waals surface area contributed by atoms with Crippen LogP contribution in [0.5, 0.6) is 0 Å². The highest BCUT2D eigenvalue weighted by atomic mass is 79.9. The molecule has 0 aromatic carbocycles. The summed E-state index contributed by atoms with van der Waals surface area (Å²) in [5.41, 5.74) is 7.01.